The number of aromatic nitrogens is 1. The summed E-state index contributed by atoms with van der Waals surface area (Å²) in [4.78, 5) is 28.7. The van der Waals surface area contributed by atoms with E-state index < -0.39 is 17.4 Å². The molecule has 1 aliphatic rings. The number of amides is 1. The van der Waals surface area contributed by atoms with Crippen molar-refractivity contribution in [1.82, 2.24) is 4.98 Å². The van der Waals surface area contributed by atoms with Gasteiger partial charge in [-0.15, -0.1) is 0 Å². The van der Waals surface area contributed by atoms with Crippen molar-refractivity contribution in [3.8, 4) is 11.8 Å². The number of rotatable bonds is 3. The van der Waals surface area contributed by atoms with Gasteiger partial charge in [0.15, 0.2) is 17.1 Å². The van der Waals surface area contributed by atoms with Crippen molar-refractivity contribution in [3.05, 3.63) is 52.8 Å². The van der Waals surface area contributed by atoms with Gasteiger partial charge in [0.2, 0.25) is 5.91 Å². The van der Waals surface area contributed by atoms with Crippen LogP contribution in [0, 0.1) is 11.3 Å². The lowest BCUT2D eigenvalue weighted by Gasteiger charge is -2.30. The van der Waals surface area contributed by atoms with Crippen LogP contribution in [0.1, 0.15) is 33.7 Å². The number of aromatic carboxylic acids is 1. The number of benzene rings is 1. The summed E-state index contributed by atoms with van der Waals surface area (Å²) in [6.45, 7) is 0.217. The molecule has 0 radical (unpaired) electrons. The first-order valence-electron chi connectivity index (χ1n) is 7.26. The van der Waals surface area contributed by atoms with E-state index in [2.05, 4.69) is 4.98 Å². The topological polar surface area (TPSA) is 115 Å². The highest BCUT2D eigenvalue weighted by Gasteiger charge is 2.33. The molecule has 7 heteroatoms. The van der Waals surface area contributed by atoms with Gasteiger partial charge in [0.05, 0.1) is 12.2 Å². The molecule has 0 bridgehead atoms. The maximum absolute atomic E-state index is 12.4. The minimum Gasteiger partial charge on any atom is -0.505 e. The van der Waals surface area contributed by atoms with Gasteiger partial charge in [0.1, 0.15) is 6.07 Å². The molecule has 0 fully saturated rings. The second-order valence-corrected chi connectivity index (χ2v) is 5.37. The van der Waals surface area contributed by atoms with Crippen LogP contribution in [0.4, 0.5) is 5.69 Å². The summed E-state index contributed by atoms with van der Waals surface area (Å²) in [5, 5.41) is 28.7. The molecule has 0 unspecified atom stereocenters. The Morgan fingerprint density at radius 1 is 1.29 bits per heavy atom. The van der Waals surface area contributed by atoms with Crippen LogP contribution in [-0.2, 0) is 17.8 Å². The van der Waals surface area contributed by atoms with Gasteiger partial charge < -0.3 is 15.1 Å². The molecule has 1 amide bonds. The molecule has 0 aliphatic carbocycles. The van der Waals surface area contributed by atoms with E-state index in [1.54, 1.807) is 0 Å². The van der Waals surface area contributed by atoms with Crippen molar-refractivity contribution in [2.75, 3.05) is 4.90 Å². The third kappa shape index (κ3) is 2.54. The molecule has 24 heavy (non-hydrogen) atoms. The van der Waals surface area contributed by atoms with E-state index in [0.29, 0.717) is 0 Å². The zero-order valence-corrected chi connectivity index (χ0v) is 12.6. The fourth-order valence-corrected chi connectivity index (χ4v) is 2.80. The summed E-state index contributed by atoms with van der Waals surface area (Å²) < 4.78 is 0. The van der Waals surface area contributed by atoms with Crippen LogP contribution in [0.3, 0.4) is 0 Å². The first-order chi connectivity index (χ1) is 11.5. The molecule has 120 valence electrons. The summed E-state index contributed by atoms with van der Waals surface area (Å²) >= 11 is 0. The van der Waals surface area contributed by atoms with Crippen molar-refractivity contribution < 1.29 is 19.8 Å². The minimum atomic E-state index is -1.42. The molecule has 3 rings (SSSR count). The quantitative estimate of drug-likeness (QED) is 0.890. The molecule has 1 aromatic heterocycles. The van der Waals surface area contributed by atoms with Crippen LogP contribution in [0.2, 0.25) is 0 Å². The summed E-state index contributed by atoms with van der Waals surface area (Å²) in [7, 11) is 0. The fourth-order valence-electron chi connectivity index (χ4n) is 2.80. The Labute approximate surface area is 137 Å². The number of carboxylic acids is 1. The third-order valence-electron chi connectivity index (χ3n) is 3.90. The van der Waals surface area contributed by atoms with Crippen LogP contribution < -0.4 is 4.90 Å². The van der Waals surface area contributed by atoms with Gasteiger partial charge in [-0.05, 0) is 12.0 Å². The summed E-state index contributed by atoms with van der Waals surface area (Å²) in [5.74, 6) is -2.10. The summed E-state index contributed by atoms with van der Waals surface area (Å²) in [6, 6.07) is 11.0. The van der Waals surface area contributed by atoms with Gasteiger partial charge in [-0.25, -0.2) is 9.78 Å². The zero-order valence-electron chi connectivity index (χ0n) is 12.6. The molecule has 0 atom stereocenters. The first kappa shape index (κ1) is 15.5. The van der Waals surface area contributed by atoms with Crippen molar-refractivity contribution in [2.24, 2.45) is 0 Å². The van der Waals surface area contributed by atoms with Crippen LogP contribution in [0.15, 0.2) is 30.3 Å². The van der Waals surface area contributed by atoms with E-state index in [1.807, 2.05) is 36.4 Å². The number of anilines is 1. The van der Waals surface area contributed by atoms with E-state index >= 15 is 0 Å². The third-order valence-corrected chi connectivity index (χ3v) is 3.90. The number of nitriles is 1. The van der Waals surface area contributed by atoms with Crippen LogP contribution in [0.25, 0.3) is 0 Å². The smallest absolute Gasteiger partial charge is 0.358 e. The Morgan fingerprint density at radius 3 is 2.62 bits per heavy atom. The van der Waals surface area contributed by atoms with Crippen LogP contribution in [0.5, 0.6) is 5.75 Å². The average molecular weight is 323 g/mol. The number of hydrogen-bond acceptors (Lipinski definition) is 5. The largest absolute Gasteiger partial charge is 0.505 e. The van der Waals surface area contributed by atoms with Crippen molar-refractivity contribution in [2.45, 2.75) is 19.4 Å². The lowest BCUT2D eigenvalue weighted by atomic mass is 9.97. The molecule has 2 aromatic rings. The number of pyridine rings is 1. The highest BCUT2D eigenvalue weighted by molar-refractivity contribution is 6.00. The number of carbonyl (C=O) groups is 2. The molecule has 2 N–H and O–H groups in total. The molecule has 1 aromatic carbocycles. The standard InChI is InChI=1S/C17H13N3O4/c18-8-12-15-11(16(22)14(19-12)17(23)24)6-7-13(21)20(15)9-10-4-2-1-3-5-10/h1-5,22H,6-7,9H2,(H,23,24). The Balaban J connectivity index is 2.16. The monoisotopic (exact) mass is 323 g/mol. The number of fused-ring (bicyclic) bond motifs is 1. The Kier molecular flexibility index (Phi) is 3.88. The summed E-state index contributed by atoms with van der Waals surface area (Å²) in [6.07, 6.45) is 0.296. The van der Waals surface area contributed by atoms with Crippen LogP contribution in [-0.4, -0.2) is 27.1 Å². The molecular weight excluding hydrogens is 310 g/mol. The van der Waals surface area contributed by atoms with Crippen molar-refractivity contribution >= 4 is 17.6 Å². The predicted octanol–water partition coefficient (Wildman–Crippen LogP) is 1.84. The number of nitrogens with zero attached hydrogens (tertiary/aromatic N) is 3. The van der Waals surface area contributed by atoms with E-state index in [0.717, 1.165) is 5.56 Å². The van der Waals surface area contributed by atoms with Crippen LogP contribution >= 0.6 is 0 Å². The maximum atomic E-state index is 12.4. The molecule has 1 aliphatic heterocycles. The molecule has 2 heterocycles. The van der Waals surface area contributed by atoms with Gasteiger partial charge in [-0.2, -0.15) is 5.26 Å². The summed E-state index contributed by atoms with van der Waals surface area (Å²) in [5.41, 5.74) is 0.572. The molecule has 0 spiro atoms. The average Bonchev–Trinajstić information content (AvgIpc) is 2.58. The van der Waals surface area contributed by atoms with E-state index in [-0.39, 0.29) is 42.2 Å². The predicted molar refractivity (Wildman–Crippen MR) is 83.5 cm³/mol. The number of carboxylic acid groups (broad SMARTS) is 1. The number of aromatic hydroxyl groups is 1. The van der Waals surface area contributed by atoms with Gasteiger partial charge in [-0.3, -0.25) is 4.79 Å². The highest BCUT2D eigenvalue weighted by atomic mass is 16.4. The maximum Gasteiger partial charge on any atom is 0.358 e. The second-order valence-electron chi connectivity index (χ2n) is 5.37. The van der Waals surface area contributed by atoms with Crippen molar-refractivity contribution in [3.63, 3.8) is 0 Å². The van der Waals surface area contributed by atoms with Gasteiger partial charge in [0, 0.05) is 12.0 Å². The molecule has 0 saturated heterocycles. The lowest BCUT2D eigenvalue weighted by Crippen LogP contribution is -2.36. The lowest BCUT2D eigenvalue weighted by molar-refractivity contribution is -0.119. The van der Waals surface area contributed by atoms with Gasteiger partial charge in [-0.1, -0.05) is 30.3 Å². The van der Waals surface area contributed by atoms with Gasteiger partial charge >= 0.3 is 5.97 Å². The Bertz CT molecular complexity index is 872. The Hall–Kier alpha value is -3.40. The van der Waals surface area contributed by atoms with E-state index in [9.17, 15) is 20.0 Å². The zero-order chi connectivity index (χ0) is 17.3. The normalized spacial score (nSPS) is 13.3. The fraction of sp³-hybridized carbons (Fsp3) is 0.176. The first-order valence-corrected chi connectivity index (χ1v) is 7.26. The number of carbonyl (C=O) groups excluding carboxylic acids is 1. The van der Waals surface area contributed by atoms with E-state index in [1.165, 1.54) is 4.90 Å². The SMILES string of the molecule is N#Cc1nc(C(=O)O)c(O)c2c1N(Cc1ccccc1)C(=O)CC2. The highest BCUT2D eigenvalue weighted by Crippen LogP contribution is 2.38. The van der Waals surface area contributed by atoms with E-state index in [4.69, 9.17) is 5.11 Å². The van der Waals surface area contributed by atoms with Gasteiger partial charge in [0.25, 0.3) is 0 Å². The Morgan fingerprint density at radius 2 is 2.00 bits per heavy atom. The molecule has 0 saturated carbocycles. The minimum absolute atomic E-state index is 0.126. The number of hydrogen-bond donors (Lipinski definition) is 2. The molecule has 7 nitrogen and oxygen atoms in total. The second kappa shape index (κ2) is 6.01. The van der Waals surface area contributed by atoms with Crippen molar-refractivity contribution in [1.29, 1.82) is 5.26 Å². The molecular formula is C17H13N3O4.